The highest BCUT2D eigenvalue weighted by Crippen LogP contribution is 2.21. The molecule has 2 aromatic rings. The number of nitrogens with two attached hydrogens (primary N) is 1. The van der Waals surface area contributed by atoms with Crippen molar-refractivity contribution >= 4 is 11.5 Å². The first-order valence-electron chi connectivity index (χ1n) is 8.45. The van der Waals surface area contributed by atoms with Crippen LogP contribution in [0, 0.1) is 6.92 Å². The van der Waals surface area contributed by atoms with E-state index in [1.54, 1.807) is 19.2 Å². The highest BCUT2D eigenvalue weighted by molar-refractivity contribution is 5.91. The fraction of sp³-hybridized carbons (Fsp3) is 0.389. The summed E-state index contributed by atoms with van der Waals surface area (Å²) in [6.45, 7) is 3.92. The van der Waals surface area contributed by atoms with Crippen LogP contribution in [0.1, 0.15) is 18.7 Å². The van der Waals surface area contributed by atoms with Gasteiger partial charge in [-0.1, -0.05) is 6.07 Å². The van der Waals surface area contributed by atoms with E-state index in [0.29, 0.717) is 23.7 Å². The Morgan fingerprint density at radius 2 is 2.16 bits per heavy atom. The number of hydrogen-bond donors (Lipinski definition) is 2. The molecule has 0 saturated carbocycles. The molecule has 132 valence electrons. The Hall–Kier alpha value is -2.67. The van der Waals surface area contributed by atoms with Gasteiger partial charge in [0.05, 0.1) is 6.04 Å². The predicted octanol–water partition coefficient (Wildman–Crippen LogP) is 2.42. The van der Waals surface area contributed by atoms with Crippen LogP contribution in [0.25, 0.3) is 11.5 Å². The summed E-state index contributed by atoms with van der Waals surface area (Å²) in [4.78, 5) is 6.89. The number of piperidine rings is 1. The van der Waals surface area contributed by atoms with Crippen molar-refractivity contribution in [2.75, 3.05) is 25.5 Å². The zero-order valence-electron chi connectivity index (χ0n) is 14.6. The number of hydrogen-bond acceptors (Lipinski definition) is 6. The molecule has 0 amide bonds. The molecule has 1 aromatic heterocycles. The number of anilines is 1. The first-order chi connectivity index (χ1) is 12.1. The zero-order chi connectivity index (χ0) is 17.6. The van der Waals surface area contributed by atoms with E-state index in [1.165, 1.54) is 0 Å². The minimum absolute atomic E-state index is 0.324. The van der Waals surface area contributed by atoms with Crippen LogP contribution < -0.4 is 11.1 Å². The van der Waals surface area contributed by atoms with Crippen molar-refractivity contribution in [3.63, 3.8) is 0 Å². The number of amidine groups is 1. The topological polar surface area (TPSA) is 92.6 Å². The van der Waals surface area contributed by atoms with Crippen LogP contribution in [0.5, 0.6) is 0 Å². The summed E-state index contributed by atoms with van der Waals surface area (Å²) in [5, 5.41) is 11.1. The monoisotopic (exact) mass is 340 g/mol. The predicted molar refractivity (Wildman–Crippen MR) is 99.4 cm³/mol. The SMILES string of the molecule is Cc1nnc(-c2cccc(N/C=C\C(N)=NC3CCN(C)CC3)c2)o1. The number of nitrogens with one attached hydrogen (secondary N) is 1. The van der Waals surface area contributed by atoms with Crippen LogP contribution in [0.2, 0.25) is 0 Å². The van der Waals surface area contributed by atoms with Gasteiger partial charge in [0.1, 0.15) is 5.84 Å². The van der Waals surface area contributed by atoms with Crippen molar-refractivity contribution in [2.45, 2.75) is 25.8 Å². The fourth-order valence-electron chi connectivity index (χ4n) is 2.76. The van der Waals surface area contributed by atoms with Crippen molar-refractivity contribution in [3.8, 4) is 11.5 Å². The van der Waals surface area contributed by atoms with Gasteiger partial charge in [-0.15, -0.1) is 10.2 Å². The van der Waals surface area contributed by atoms with Gasteiger partial charge in [-0.05, 0) is 57.3 Å². The summed E-state index contributed by atoms with van der Waals surface area (Å²) in [6.07, 6.45) is 5.71. The molecule has 7 heteroatoms. The average Bonchev–Trinajstić information content (AvgIpc) is 3.04. The average molecular weight is 340 g/mol. The lowest BCUT2D eigenvalue weighted by molar-refractivity contribution is 0.257. The number of aryl methyl sites for hydroxylation is 1. The molecular formula is C18H24N6O. The van der Waals surface area contributed by atoms with Gasteiger partial charge in [0.25, 0.3) is 0 Å². The van der Waals surface area contributed by atoms with Crippen LogP contribution >= 0.6 is 0 Å². The molecule has 1 aliphatic heterocycles. The summed E-state index contributed by atoms with van der Waals surface area (Å²) < 4.78 is 5.45. The van der Waals surface area contributed by atoms with E-state index in [2.05, 4.69) is 32.5 Å². The second-order valence-corrected chi connectivity index (χ2v) is 6.27. The smallest absolute Gasteiger partial charge is 0.247 e. The summed E-state index contributed by atoms with van der Waals surface area (Å²) in [7, 11) is 2.14. The Morgan fingerprint density at radius 1 is 1.36 bits per heavy atom. The summed E-state index contributed by atoms with van der Waals surface area (Å²) in [6, 6.07) is 8.09. The van der Waals surface area contributed by atoms with Gasteiger partial charge in [0, 0.05) is 24.4 Å². The number of aliphatic imine (C=N–C) groups is 1. The van der Waals surface area contributed by atoms with Crippen molar-refractivity contribution in [2.24, 2.45) is 10.7 Å². The number of benzene rings is 1. The molecule has 3 N–H and O–H groups in total. The van der Waals surface area contributed by atoms with Gasteiger partial charge < -0.3 is 20.4 Å². The number of rotatable bonds is 5. The first kappa shape index (κ1) is 17.2. The minimum Gasteiger partial charge on any atom is -0.421 e. The molecule has 1 fully saturated rings. The zero-order valence-corrected chi connectivity index (χ0v) is 14.6. The van der Waals surface area contributed by atoms with Gasteiger partial charge in [-0.25, -0.2) is 0 Å². The number of nitrogens with zero attached hydrogens (tertiary/aromatic N) is 4. The summed E-state index contributed by atoms with van der Waals surface area (Å²) in [5.41, 5.74) is 7.78. The van der Waals surface area contributed by atoms with Gasteiger partial charge in [-0.3, -0.25) is 4.99 Å². The Bertz CT molecular complexity index is 758. The molecule has 0 unspecified atom stereocenters. The molecule has 25 heavy (non-hydrogen) atoms. The van der Waals surface area contributed by atoms with Gasteiger partial charge in [0.2, 0.25) is 11.8 Å². The molecule has 0 spiro atoms. The van der Waals surface area contributed by atoms with Gasteiger partial charge in [0.15, 0.2) is 0 Å². The van der Waals surface area contributed by atoms with E-state index in [-0.39, 0.29) is 0 Å². The van der Waals surface area contributed by atoms with E-state index in [9.17, 15) is 0 Å². The van der Waals surface area contributed by atoms with Crippen LogP contribution in [-0.4, -0.2) is 47.1 Å². The molecule has 0 aliphatic carbocycles. The largest absolute Gasteiger partial charge is 0.421 e. The fourth-order valence-corrected chi connectivity index (χ4v) is 2.76. The second-order valence-electron chi connectivity index (χ2n) is 6.27. The number of likely N-dealkylation sites (tertiary alicyclic amines) is 1. The lowest BCUT2D eigenvalue weighted by atomic mass is 10.1. The first-order valence-corrected chi connectivity index (χ1v) is 8.45. The Labute approximate surface area is 147 Å². The van der Waals surface area contributed by atoms with Crippen LogP contribution in [0.4, 0.5) is 5.69 Å². The van der Waals surface area contributed by atoms with E-state index in [1.807, 2.05) is 24.3 Å². The molecule has 0 radical (unpaired) electrons. The summed E-state index contributed by atoms with van der Waals surface area (Å²) in [5.74, 6) is 1.60. The lowest BCUT2D eigenvalue weighted by Crippen LogP contribution is -2.33. The van der Waals surface area contributed by atoms with E-state index < -0.39 is 0 Å². The van der Waals surface area contributed by atoms with Crippen LogP contribution in [0.15, 0.2) is 46.0 Å². The van der Waals surface area contributed by atoms with Crippen LogP contribution in [-0.2, 0) is 0 Å². The molecular weight excluding hydrogens is 316 g/mol. The van der Waals surface area contributed by atoms with Crippen molar-refractivity contribution in [1.82, 2.24) is 15.1 Å². The lowest BCUT2D eigenvalue weighted by Gasteiger charge is -2.26. The Kier molecular flexibility index (Phi) is 5.45. The third-order valence-electron chi connectivity index (χ3n) is 4.16. The normalized spacial score (nSPS) is 17.3. The third kappa shape index (κ3) is 4.90. The molecule has 0 atom stereocenters. The molecule has 1 aromatic carbocycles. The molecule has 1 aliphatic rings. The standard InChI is InChI=1S/C18H24N6O/c1-13-22-23-18(25-13)14-4-3-5-16(12-14)20-9-6-17(19)21-15-7-10-24(2)11-8-15/h3-6,9,12,15,20H,7-8,10-11H2,1-2H3,(H2,19,21)/b9-6-. The summed E-state index contributed by atoms with van der Waals surface area (Å²) >= 11 is 0. The highest BCUT2D eigenvalue weighted by Gasteiger charge is 2.15. The van der Waals surface area contributed by atoms with Gasteiger partial charge >= 0.3 is 0 Å². The van der Waals surface area contributed by atoms with Crippen molar-refractivity contribution in [3.05, 3.63) is 42.4 Å². The maximum atomic E-state index is 6.00. The van der Waals surface area contributed by atoms with Gasteiger partial charge in [-0.2, -0.15) is 0 Å². The minimum atomic E-state index is 0.324. The molecule has 1 saturated heterocycles. The maximum Gasteiger partial charge on any atom is 0.247 e. The second kappa shape index (κ2) is 7.94. The Morgan fingerprint density at radius 3 is 2.88 bits per heavy atom. The quantitative estimate of drug-likeness (QED) is 0.641. The van der Waals surface area contributed by atoms with Crippen LogP contribution in [0.3, 0.4) is 0 Å². The van der Waals surface area contributed by atoms with Crippen molar-refractivity contribution < 1.29 is 4.42 Å². The third-order valence-corrected chi connectivity index (χ3v) is 4.16. The Balaban J connectivity index is 1.58. The van der Waals surface area contributed by atoms with E-state index >= 15 is 0 Å². The molecule has 3 rings (SSSR count). The molecule has 2 heterocycles. The molecule has 7 nitrogen and oxygen atoms in total. The number of aromatic nitrogens is 2. The van der Waals surface area contributed by atoms with Crippen molar-refractivity contribution in [1.29, 1.82) is 0 Å². The van der Waals surface area contributed by atoms with E-state index in [4.69, 9.17) is 10.2 Å². The highest BCUT2D eigenvalue weighted by atomic mass is 16.4. The maximum absolute atomic E-state index is 6.00. The molecule has 0 bridgehead atoms. The van der Waals surface area contributed by atoms with E-state index in [0.717, 1.165) is 37.2 Å².